The number of aromatic nitrogens is 3. The lowest BCUT2D eigenvalue weighted by Gasteiger charge is -1.77. The van der Waals surface area contributed by atoms with Crippen LogP contribution in [0.4, 0.5) is 0 Å². The van der Waals surface area contributed by atoms with Crippen LogP contribution in [0.2, 0.25) is 0 Å². The van der Waals surface area contributed by atoms with Gasteiger partial charge in [0, 0.05) is 4.88 Å². The van der Waals surface area contributed by atoms with Crippen molar-refractivity contribution in [1.29, 1.82) is 0 Å². The zero-order valence-corrected chi connectivity index (χ0v) is 15.3. The predicted octanol–water partition coefficient (Wildman–Crippen LogP) is 5.28. The maximum Gasteiger partial charge on any atom is 0.114 e. The molecule has 2 rings (SSSR count). The van der Waals surface area contributed by atoms with E-state index >= 15 is 0 Å². The van der Waals surface area contributed by atoms with Crippen LogP contribution in [0.3, 0.4) is 0 Å². The Labute approximate surface area is 126 Å². The second-order valence-corrected chi connectivity index (χ2v) is 6.01. The van der Waals surface area contributed by atoms with Crippen molar-refractivity contribution in [2.45, 2.75) is 62.3 Å². The van der Waals surface area contributed by atoms with Crippen molar-refractivity contribution >= 4 is 22.7 Å². The fourth-order valence-electron chi connectivity index (χ4n) is 1.03. The molecule has 5 heteroatoms. The van der Waals surface area contributed by atoms with Crippen molar-refractivity contribution in [3.63, 3.8) is 0 Å². The van der Waals surface area contributed by atoms with Crippen LogP contribution in [0.25, 0.3) is 0 Å². The number of thiazole rings is 1. The number of rotatable bonds is 0. The number of hydrogen-bond donors (Lipinski definition) is 0. The Morgan fingerprint density at radius 3 is 1.16 bits per heavy atom. The zero-order chi connectivity index (χ0) is 15.4. The first kappa shape index (κ1) is 20.5. The summed E-state index contributed by atoms with van der Waals surface area (Å²) in [5, 5.41) is 10.8. The van der Waals surface area contributed by atoms with Crippen LogP contribution in [0.15, 0.2) is 0 Å². The van der Waals surface area contributed by atoms with Crippen LogP contribution < -0.4 is 0 Å². The van der Waals surface area contributed by atoms with Crippen LogP contribution in [-0.2, 0) is 0 Å². The molecule has 0 aliphatic carbocycles. The quantitative estimate of drug-likeness (QED) is 0.665. The van der Waals surface area contributed by atoms with Crippen LogP contribution in [0.1, 0.15) is 53.3 Å². The summed E-state index contributed by atoms with van der Waals surface area (Å²) in [5.74, 6) is 0. The smallest absolute Gasteiger partial charge is 0.114 e. The minimum atomic E-state index is 1.04. The fourth-order valence-corrected chi connectivity index (χ4v) is 2.44. The van der Waals surface area contributed by atoms with Gasteiger partial charge in [-0.3, -0.25) is 0 Å². The molecule has 0 amide bonds. The third kappa shape index (κ3) is 9.73. The summed E-state index contributed by atoms with van der Waals surface area (Å²) < 4.78 is 0. The molecule has 2 heterocycles. The summed E-state index contributed by atoms with van der Waals surface area (Å²) in [6, 6.07) is 0. The van der Waals surface area contributed by atoms with Gasteiger partial charge in [-0.1, -0.05) is 27.7 Å². The van der Waals surface area contributed by atoms with E-state index in [-0.39, 0.29) is 0 Å². The maximum absolute atomic E-state index is 4.23. The average molecular weight is 302 g/mol. The molecule has 0 bridgehead atoms. The summed E-state index contributed by atoms with van der Waals surface area (Å²) in [6.07, 6.45) is 0. The van der Waals surface area contributed by atoms with Crippen LogP contribution in [0.5, 0.6) is 0 Å². The van der Waals surface area contributed by atoms with Gasteiger partial charge in [-0.2, -0.15) is 0 Å². The Balaban J connectivity index is 0. The number of hydrogen-bond acceptors (Lipinski definition) is 5. The van der Waals surface area contributed by atoms with Gasteiger partial charge in [0.1, 0.15) is 10.0 Å². The third-order valence-electron chi connectivity index (χ3n) is 1.76. The van der Waals surface area contributed by atoms with Crippen LogP contribution >= 0.6 is 22.7 Å². The molecular formula is C14H27N3S2. The van der Waals surface area contributed by atoms with E-state index < -0.39 is 0 Å². The second kappa shape index (κ2) is 12.2. The standard InChI is InChI=1S/C6H9NS.C4H6N2S.2C2H6/c1-4-5(2)8-6(3)7-4;1-3-5-6-4(2)7-3;2*1-2/h1-3H3;1-2H3;2*1-2H3. The normalized spacial score (nSPS) is 8.26. The molecule has 0 fully saturated rings. The minimum absolute atomic E-state index is 1.04. The SMILES string of the molecule is CC.CC.Cc1nc(C)c(C)s1.Cc1nnc(C)s1. The first-order chi connectivity index (χ1) is 8.99. The number of nitrogens with zero attached hydrogens (tertiary/aromatic N) is 3. The Hall–Kier alpha value is -0.810. The highest BCUT2D eigenvalue weighted by Crippen LogP contribution is 2.14. The maximum atomic E-state index is 4.23. The van der Waals surface area contributed by atoms with Crippen molar-refractivity contribution in [1.82, 2.24) is 15.2 Å². The molecule has 0 N–H and O–H groups in total. The predicted molar refractivity (Wildman–Crippen MR) is 88.4 cm³/mol. The Morgan fingerprint density at radius 2 is 1.05 bits per heavy atom. The van der Waals surface area contributed by atoms with Gasteiger partial charge >= 0.3 is 0 Å². The van der Waals surface area contributed by atoms with Gasteiger partial charge in [-0.25, -0.2) is 4.98 Å². The van der Waals surface area contributed by atoms with Crippen molar-refractivity contribution in [3.05, 3.63) is 25.6 Å². The molecule has 0 unspecified atom stereocenters. The molecule has 0 aromatic carbocycles. The summed E-state index contributed by atoms with van der Waals surface area (Å²) >= 11 is 3.38. The minimum Gasteiger partial charge on any atom is -0.247 e. The van der Waals surface area contributed by atoms with E-state index in [1.807, 2.05) is 55.4 Å². The lowest BCUT2D eigenvalue weighted by molar-refractivity contribution is 1.02. The molecule has 0 aliphatic heterocycles. The molecule has 2 aromatic heterocycles. The molecule has 0 spiro atoms. The fraction of sp³-hybridized carbons (Fsp3) is 0.643. The molecule has 3 nitrogen and oxygen atoms in total. The summed E-state index contributed by atoms with van der Waals surface area (Å²) in [6.45, 7) is 18.1. The highest BCUT2D eigenvalue weighted by atomic mass is 32.1. The molecule has 0 radical (unpaired) electrons. The van der Waals surface area contributed by atoms with Gasteiger partial charge in [0.05, 0.1) is 10.7 Å². The molecule has 110 valence electrons. The van der Waals surface area contributed by atoms with Crippen molar-refractivity contribution in [2.24, 2.45) is 0 Å². The van der Waals surface area contributed by atoms with E-state index in [9.17, 15) is 0 Å². The molecule has 19 heavy (non-hydrogen) atoms. The van der Waals surface area contributed by atoms with Gasteiger partial charge < -0.3 is 0 Å². The summed E-state index contributed by atoms with van der Waals surface area (Å²) in [5.41, 5.74) is 1.17. The Bertz CT molecular complexity index is 398. The Morgan fingerprint density at radius 1 is 0.632 bits per heavy atom. The van der Waals surface area contributed by atoms with Gasteiger partial charge in [-0.15, -0.1) is 32.9 Å². The Kier molecular flexibility index (Phi) is 13.2. The lowest BCUT2D eigenvalue weighted by atomic mass is 10.4. The van der Waals surface area contributed by atoms with Crippen LogP contribution in [-0.4, -0.2) is 15.2 Å². The summed E-state index contributed by atoms with van der Waals surface area (Å²) in [7, 11) is 0. The van der Waals surface area contributed by atoms with E-state index in [1.54, 1.807) is 22.7 Å². The van der Waals surface area contributed by atoms with Crippen molar-refractivity contribution in [2.75, 3.05) is 0 Å². The lowest BCUT2D eigenvalue weighted by Crippen LogP contribution is -1.71. The molecule has 2 aromatic rings. The second-order valence-electron chi connectivity index (χ2n) is 3.21. The van der Waals surface area contributed by atoms with Gasteiger partial charge in [-0.05, 0) is 34.6 Å². The monoisotopic (exact) mass is 301 g/mol. The number of aryl methyl sites for hydroxylation is 5. The third-order valence-corrected chi connectivity index (χ3v) is 3.50. The van der Waals surface area contributed by atoms with Crippen LogP contribution in [0, 0.1) is 34.6 Å². The van der Waals surface area contributed by atoms with Gasteiger partial charge in [0.15, 0.2) is 0 Å². The van der Waals surface area contributed by atoms with Gasteiger partial charge in [0.2, 0.25) is 0 Å². The average Bonchev–Trinajstić information content (AvgIpc) is 2.91. The highest BCUT2D eigenvalue weighted by molar-refractivity contribution is 7.11. The summed E-state index contributed by atoms with van der Waals surface area (Å²) in [4.78, 5) is 5.56. The topological polar surface area (TPSA) is 38.7 Å². The van der Waals surface area contributed by atoms with Crippen molar-refractivity contribution < 1.29 is 0 Å². The molecular weight excluding hydrogens is 274 g/mol. The molecule has 0 saturated carbocycles. The van der Waals surface area contributed by atoms with E-state index in [0.29, 0.717) is 0 Å². The van der Waals surface area contributed by atoms with E-state index in [4.69, 9.17) is 0 Å². The van der Waals surface area contributed by atoms with E-state index in [2.05, 4.69) is 22.1 Å². The largest absolute Gasteiger partial charge is 0.247 e. The van der Waals surface area contributed by atoms with E-state index in [0.717, 1.165) is 10.0 Å². The van der Waals surface area contributed by atoms with E-state index in [1.165, 1.54) is 15.6 Å². The van der Waals surface area contributed by atoms with Gasteiger partial charge in [0.25, 0.3) is 0 Å². The molecule has 0 saturated heterocycles. The zero-order valence-electron chi connectivity index (χ0n) is 13.7. The molecule has 0 atom stereocenters. The first-order valence-corrected chi connectivity index (χ1v) is 8.29. The molecule has 0 aliphatic rings. The van der Waals surface area contributed by atoms with Crippen molar-refractivity contribution in [3.8, 4) is 0 Å². The first-order valence-electron chi connectivity index (χ1n) is 6.66. The highest BCUT2D eigenvalue weighted by Gasteiger charge is 1.95.